The summed E-state index contributed by atoms with van der Waals surface area (Å²) in [6.45, 7) is 2.26. The Bertz CT molecular complexity index is 768. The fourth-order valence-corrected chi connectivity index (χ4v) is 6.11. The van der Waals surface area contributed by atoms with Crippen molar-refractivity contribution in [2.45, 2.75) is 103 Å². The van der Waals surface area contributed by atoms with Crippen LogP contribution in [0.15, 0.2) is 48.3 Å². The highest BCUT2D eigenvalue weighted by Gasteiger charge is 2.30. The highest BCUT2D eigenvalue weighted by molar-refractivity contribution is 5.22. The number of rotatable bonds is 11. The summed E-state index contributed by atoms with van der Waals surface area (Å²) in [5.74, 6) is 2.66. The third kappa shape index (κ3) is 9.11. The summed E-state index contributed by atoms with van der Waals surface area (Å²) in [5, 5.41) is 8.48. The summed E-state index contributed by atoms with van der Waals surface area (Å²) >= 11 is 0. The number of aryl methyl sites for hydroxylation is 2. The van der Waals surface area contributed by atoms with Crippen molar-refractivity contribution in [3.8, 4) is 6.07 Å². The zero-order valence-electron chi connectivity index (χ0n) is 20.8. The number of nitriles is 1. The normalized spacial score (nSPS) is 26.4. The van der Waals surface area contributed by atoms with E-state index < -0.39 is 5.83 Å². The lowest BCUT2D eigenvalue weighted by Crippen LogP contribution is -2.25. The highest BCUT2D eigenvalue weighted by Crippen LogP contribution is 2.42. The smallest absolute Gasteiger partial charge is 0.195 e. The van der Waals surface area contributed by atoms with Gasteiger partial charge in [0.1, 0.15) is 6.07 Å². The van der Waals surface area contributed by atoms with Gasteiger partial charge in [-0.05, 0) is 105 Å². The van der Waals surface area contributed by atoms with Crippen molar-refractivity contribution < 1.29 is 4.39 Å². The van der Waals surface area contributed by atoms with Gasteiger partial charge in [-0.25, -0.2) is 0 Å². The molecule has 33 heavy (non-hydrogen) atoms. The predicted octanol–water partition coefficient (Wildman–Crippen LogP) is 9.29. The first-order valence-electron chi connectivity index (χ1n) is 13.7. The second-order valence-corrected chi connectivity index (χ2v) is 10.6. The summed E-state index contributed by atoms with van der Waals surface area (Å²) in [6, 6.07) is 10.9. The minimum absolute atomic E-state index is 0.563. The molecule has 1 aromatic rings. The minimum atomic E-state index is -0.701. The number of allylic oxidation sites excluding steroid dienone is 4. The third-order valence-corrected chi connectivity index (χ3v) is 8.28. The van der Waals surface area contributed by atoms with E-state index in [0.29, 0.717) is 5.92 Å². The Morgan fingerprint density at radius 3 is 2.03 bits per heavy atom. The topological polar surface area (TPSA) is 23.8 Å². The maximum atomic E-state index is 12.9. The van der Waals surface area contributed by atoms with Crippen LogP contribution in [0.3, 0.4) is 0 Å². The van der Waals surface area contributed by atoms with Crippen molar-refractivity contribution in [1.29, 1.82) is 5.26 Å². The van der Waals surface area contributed by atoms with Gasteiger partial charge in [0, 0.05) is 0 Å². The molecule has 2 heteroatoms. The Labute approximate surface area is 202 Å². The Balaban J connectivity index is 1.27. The molecule has 2 fully saturated rings. The first kappa shape index (κ1) is 25.7. The molecule has 1 nitrogen and oxygen atoms in total. The van der Waals surface area contributed by atoms with E-state index in [-0.39, 0.29) is 0 Å². The SMILES string of the molecule is CCCCc1ccc(CCCC[C@H]2CC[C@H]([C@H]3CC[C@H](C=CC=C(F)C#N)CC3)CC2)cc1. The number of hydrogen-bond donors (Lipinski definition) is 0. The number of benzene rings is 1. The molecular formula is C31H44FN. The van der Waals surface area contributed by atoms with E-state index in [0.717, 1.165) is 17.8 Å². The van der Waals surface area contributed by atoms with Gasteiger partial charge in [-0.1, -0.05) is 75.4 Å². The molecule has 0 amide bonds. The van der Waals surface area contributed by atoms with Gasteiger partial charge in [-0.2, -0.15) is 9.65 Å². The Morgan fingerprint density at radius 2 is 1.45 bits per heavy atom. The minimum Gasteiger partial charge on any atom is -0.195 e. The number of halogens is 1. The molecule has 2 aliphatic rings. The molecule has 0 heterocycles. The number of nitrogens with zero attached hydrogens (tertiary/aromatic N) is 1. The van der Waals surface area contributed by atoms with Crippen LogP contribution in [0, 0.1) is 35.0 Å². The maximum absolute atomic E-state index is 12.9. The number of unbranched alkanes of at least 4 members (excludes halogenated alkanes) is 2. The van der Waals surface area contributed by atoms with Crippen LogP contribution in [0.5, 0.6) is 0 Å². The van der Waals surface area contributed by atoms with Crippen molar-refractivity contribution in [3.63, 3.8) is 0 Å². The summed E-state index contributed by atoms with van der Waals surface area (Å²) < 4.78 is 12.9. The van der Waals surface area contributed by atoms with Gasteiger partial charge in [-0.15, -0.1) is 0 Å². The molecule has 0 atom stereocenters. The van der Waals surface area contributed by atoms with Crippen LogP contribution in [0.2, 0.25) is 0 Å². The van der Waals surface area contributed by atoms with Crippen LogP contribution < -0.4 is 0 Å². The van der Waals surface area contributed by atoms with E-state index >= 15 is 0 Å². The molecular weight excluding hydrogens is 405 g/mol. The molecule has 0 N–H and O–H groups in total. The lowest BCUT2D eigenvalue weighted by molar-refractivity contribution is 0.151. The lowest BCUT2D eigenvalue weighted by atomic mass is 9.68. The molecule has 2 aliphatic carbocycles. The molecule has 0 aliphatic heterocycles. The van der Waals surface area contributed by atoms with E-state index in [9.17, 15) is 4.39 Å². The molecule has 0 bridgehead atoms. The van der Waals surface area contributed by atoms with Crippen LogP contribution in [0.4, 0.5) is 4.39 Å². The first-order valence-corrected chi connectivity index (χ1v) is 13.7. The molecule has 0 radical (unpaired) electrons. The van der Waals surface area contributed by atoms with Crippen LogP contribution in [-0.4, -0.2) is 0 Å². The van der Waals surface area contributed by atoms with Gasteiger partial charge >= 0.3 is 0 Å². The van der Waals surface area contributed by atoms with Crippen molar-refractivity contribution in [1.82, 2.24) is 0 Å². The van der Waals surface area contributed by atoms with Crippen LogP contribution >= 0.6 is 0 Å². The molecule has 0 saturated heterocycles. The Hall–Kier alpha value is -1.88. The first-order chi connectivity index (χ1) is 16.2. The maximum Gasteiger partial charge on any atom is 0.199 e. The van der Waals surface area contributed by atoms with Gasteiger partial charge in [0.25, 0.3) is 0 Å². The monoisotopic (exact) mass is 449 g/mol. The average Bonchev–Trinajstić information content (AvgIpc) is 2.87. The molecule has 0 spiro atoms. The van der Waals surface area contributed by atoms with Crippen LogP contribution in [0.1, 0.15) is 102 Å². The van der Waals surface area contributed by atoms with Gasteiger partial charge in [0.2, 0.25) is 0 Å². The van der Waals surface area contributed by atoms with E-state index in [1.807, 2.05) is 0 Å². The fraction of sp³-hybridized carbons (Fsp3) is 0.645. The van der Waals surface area contributed by atoms with Gasteiger partial charge in [0.05, 0.1) is 0 Å². The predicted molar refractivity (Wildman–Crippen MR) is 137 cm³/mol. The van der Waals surface area contributed by atoms with Crippen molar-refractivity contribution >= 4 is 0 Å². The lowest BCUT2D eigenvalue weighted by Gasteiger charge is -2.37. The molecule has 1 aromatic carbocycles. The third-order valence-electron chi connectivity index (χ3n) is 8.28. The van der Waals surface area contributed by atoms with Crippen LogP contribution in [-0.2, 0) is 12.8 Å². The van der Waals surface area contributed by atoms with Crippen molar-refractivity contribution in [2.24, 2.45) is 23.7 Å². The summed E-state index contributed by atoms with van der Waals surface area (Å²) in [6.07, 6.45) is 25.1. The highest BCUT2D eigenvalue weighted by atomic mass is 19.1. The molecule has 2 saturated carbocycles. The molecule has 180 valence electrons. The van der Waals surface area contributed by atoms with E-state index in [1.54, 1.807) is 6.08 Å². The van der Waals surface area contributed by atoms with Crippen LogP contribution in [0.25, 0.3) is 0 Å². The largest absolute Gasteiger partial charge is 0.199 e. The standard InChI is InChI=1S/C31H44FN/c1-2-3-7-25-12-14-26(15-13-25)8-4-5-9-27-16-20-29(21-17-27)30-22-18-28(19-23-30)10-6-11-31(32)24-33/h6,10-15,27-30H,2-5,7-9,16-23H2,1H3/t27-,28-,29-,30-. The van der Waals surface area contributed by atoms with E-state index in [1.165, 1.54) is 120 Å². The van der Waals surface area contributed by atoms with E-state index in [2.05, 4.69) is 37.3 Å². The summed E-state index contributed by atoms with van der Waals surface area (Å²) in [7, 11) is 0. The van der Waals surface area contributed by atoms with Gasteiger partial charge in [-0.3, -0.25) is 0 Å². The summed E-state index contributed by atoms with van der Waals surface area (Å²) in [5.41, 5.74) is 3.00. The molecule has 0 aromatic heterocycles. The summed E-state index contributed by atoms with van der Waals surface area (Å²) in [4.78, 5) is 0. The van der Waals surface area contributed by atoms with Gasteiger partial charge < -0.3 is 0 Å². The zero-order chi connectivity index (χ0) is 23.3. The van der Waals surface area contributed by atoms with Crippen molar-refractivity contribution in [3.05, 3.63) is 59.4 Å². The van der Waals surface area contributed by atoms with E-state index in [4.69, 9.17) is 5.26 Å². The molecule has 0 unspecified atom stereocenters. The second kappa shape index (κ2) is 14.4. The van der Waals surface area contributed by atoms with Gasteiger partial charge in [0.15, 0.2) is 5.83 Å². The quantitative estimate of drug-likeness (QED) is 0.187. The molecule has 3 rings (SSSR count). The Kier molecular flexibility index (Phi) is 11.2. The average molecular weight is 450 g/mol. The fourth-order valence-electron chi connectivity index (χ4n) is 6.11. The number of hydrogen-bond acceptors (Lipinski definition) is 1. The zero-order valence-corrected chi connectivity index (χ0v) is 20.8. The Morgan fingerprint density at radius 1 is 0.879 bits per heavy atom. The van der Waals surface area contributed by atoms with Crippen molar-refractivity contribution in [2.75, 3.05) is 0 Å². The second-order valence-electron chi connectivity index (χ2n) is 10.6.